The highest BCUT2D eigenvalue weighted by Gasteiger charge is 2.21. The molecule has 5 heteroatoms. The van der Waals surface area contributed by atoms with Crippen LogP contribution in [0.3, 0.4) is 0 Å². The van der Waals surface area contributed by atoms with Gasteiger partial charge in [0.2, 0.25) is 5.76 Å². The molecule has 1 aromatic carbocycles. The van der Waals surface area contributed by atoms with Crippen molar-refractivity contribution in [3.05, 3.63) is 59.0 Å². The molecule has 0 amide bonds. The van der Waals surface area contributed by atoms with Crippen LogP contribution in [0.25, 0.3) is 0 Å². The molecule has 2 N–H and O–H groups in total. The second-order valence-electron chi connectivity index (χ2n) is 3.58. The largest absolute Gasteiger partial charge is 0.478 e. The van der Waals surface area contributed by atoms with Crippen LogP contribution >= 0.6 is 0 Å². The number of furan rings is 1. The second-order valence-corrected chi connectivity index (χ2v) is 3.58. The maximum Gasteiger partial charge on any atom is 0.372 e. The lowest BCUT2D eigenvalue weighted by atomic mass is 10.2. The van der Waals surface area contributed by atoms with Crippen LogP contribution < -0.4 is 0 Å². The quantitative estimate of drug-likeness (QED) is 0.803. The van der Waals surface area contributed by atoms with Gasteiger partial charge in [0.25, 0.3) is 0 Å². The van der Waals surface area contributed by atoms with Gasteiger partial charge >= 0.3 is 11.9 Å². The van der Waals surface area contributed by atoms with Crippen molar-refractivity contribution >= 4 is 11.9 Å². The van der Waals surface area contributed by atoms with Crippen molar-refractivity contribution in [3.8, 4) is 11.8 Å². The van der Waals surface area contributed by atoms with Crippen LogP contribution in [-0.2, 0) is 0 Å². The third-order valence-electron chi connectivity index (χ3n) is 2.26. The van der Waals surface area contributed by atoms with E-state index in [0.29, 0.717) is 5.56 Å². The summed E-state index contributed by atoms with van der Waals surface area (Å²) in [6, 6.07) is 10.1. The Morgan fingerprint density at radius 1 is 1.00 bits per heavy atom. The SMILES string of the molecule is O=C(O)c1cc(C#Cc2ccccc2)oc1C(=O)O. The Bertz CT molecular complexity index is 654. The zero-order valence-electron chi connectivity index (χ0n) is 9.58. The Kier molecular flexibility index (Phi) is 3.35. The van der Waals surface area contributed by atoms with Crippen LogP contribution in [0.5, 0.6) is 0 Å². The fraction of sp³-hybridized carbons (Fsp3) is 0. The van der Waals surface area contributed by atoms with Gasteiger partial charge in [-0.2, -0.15) is 0 Å². The number of carboxylic acid groups (broad SMARTS) is 2. The summed E-state index contributed by atoms with van der Waals surface area (Å²) in [7, 11) is 0. The number of carboxylic acids is 2. The van der Waals surface area contributed by atoms with Gasteiger partial charge in [-0.05, 0) is 18.1 Å². The van der Waals surface area contributed by atoms with Gasteiger partial charge in [-0.25, -0.2) is 9.59 Å². The van der Waals surface area contributed by atoms with E-state index in [1.165, 1.54) is 0 Å². The summed E-state index contributed by atoms with van der Waals surface area (Å²) in [5.74, 6) is 1.91. The second kappa shape index (κ2) is 5.10. The molecule has 94 valence electrons. The highest BCUT2D eigenvalue weighted by Crippen LogP contribution is 2.15. The molecule has 0 unspecified atom stereocenters. The van der Waals surface area contributed by atoms with E-state index in [2.05, 4.69) is 11.8 Å². The molecule has 2 aromatic rings. The summed E-state index contributed by atoms with van der Waals surface area (Å²) in [5.41, 5.74) is 0.303. The predicted molar refractivity (Wildman–Crippen MR) is 65.0 cm³/mol. The Hall–Kier alpha value is -3.00. The van der Waals surface area contributed by atoms with Gasteiger partial charge in [-0.1, -0.05) is 24.1 Å². The monoisotopic (exact) mass is 256 g/mol. The molecule has 2 rings (SSSR count). The third-order valence-corrected chi connectivity index (χ3v) is 2.26. The molecule has 0 bridgehead atoms. The summed E-state index contributed by atoms with van der Waals surface area (Å²) in [6.45, 7) is 0. The normalized spacial score (nSPS) is 9.47. The van der Waals surface area contributed by atoms with Gasteiger partial charge in [-0.3, -0.25) is 0 Å². The van der Waals surface area contributed by atoms with Crippen molar-refractivity contribution in [3.63, 3.8) is 0 Å². The first-order valence-corrected chi connectivity index (χ1v) is 5.25. The maximum absolute atomic E-state index is 10.8. The van der Waals surface area contributed by atoms with Crippen LogP contribution in [0.2, 0.25) is 0 Å². The molecule has 0 radical (unpaired) electrons. The number of aromatic carboxylic acids is 2. The van der Waals surface area contributed by atoms with Gasteiger partial charge in [0, 0.05) is 11.6 Å². The molecular formula is C14H8O5. The van der Waals surface area contributed by atoms with Crippen molar-refractivity contribution in [1.29, 1.82) is 0 Å². The van der Waals surface area contributed by atoms with E-state index in [-0.39, 0.29) is 5.76 Å². The van der Waals surface area contributed by atoms with Gasteiger partial charge in [-0.15, -0.1) is 0 Å². The lowest BCUT2D eigenvalue weighted by Gasteiger charge is -1.88. The highest BCUT2D eigenvalue weighted by molar-refractivity contribution is 6.00. The first-order valence-electron chi connectivity index (χ1n) is 5.25. The standard InChI is InChI=1S/C14H8O5/c15-13(16)11-8-10(19-12(11)14(17)18)7-6-9-4-2-1-3-5-9/h1-5,8H,(H,15,16)(H,17,18). The smallest absolute Gasteiger partial charge is 0.372 e. The van der Waals surface area contributed by atoms with Crippen LogP contribution in [0.4, 0.5) is 0 Å². The first-order chi connectivity index (χ1) is 9.08. The molecule has 0 aliphatic rings. The molecular weight excluding hydrogens is 248 g/mol. The summed E-state index contributed by atoms with van der Waals surface area (Å²) < 4.78 is 4.91. The van der Waals surface area contributed by atoms with Crippen LogP contribution in [0, 0.1) is 11.8 Å². The molecule has 19 heavy (non-hydrogen) atoms. The lowest BCUT2D eigenvalue weighted by molar-refractivity contribution is 0.0625. The van der Waals surface area contributed by atoms with Crippen LogP contribution in [-0.4, -0.2) is 22.2 Å². The van der Waals surface area contributed by atoms with Crippen molar-refractivity contribution in [2.24, 2.45) is 0 Å². The van der Waals surface area contributed by atoms with Crippen molar-refractivity contribution in [1.82, 2.24) is 0 Å². The zero-order valence-corrected chi connectivity index (χ0v) is 9.58. The zero-order chi connectivity index (χ0) is 13.8. The maximum atomic E-state index is 10.8. The van der Waals surface area contributed by atoms with E-state index in [9.17, 15) is 9.59 Å². The van der Waals surface area contributed by atoms with E-state index < -0.39 is 23.3 Å². The number of carbonyl (C=O) groups is 2. The minimum Gasteiger partial charge on any atom is -0.478 e. The number of hydrogen-bond donors (Lipinski definition) is 2. The van der Waals surface area contributed by atoms with Gasteiger partial charge in [0.15, 0.2) is 5.76 Å². The summed E-state index contributed by atoms with van der Waals surface area (Å²) in [5, 5.41) is 17.6. The van der Waals surface area contributed by atoms with Gasteiger partial charge < -0.3 is 14.6 Å². The topological polar surface area (TPSA) is 87.7 Å². The van der Waals surface area contributed by atoms with Gasteiger partial charge in [0.05, 0.1) is 0 Å². The fourth-order valence-corrected chi connectivity index (χ4v) is 1.43. The summed E-state index contributed by atoms with van der Waals surface area (Å²) in [4.78, 5) is 21.7. The molecule has 0 aliphatic carbocycles. The predicted octanol–water partition coefficient (Wildman–Crippen LogP) is 2.08. The van der Waals surface area contributed by atoms with E-state index in [1.807, 2.05) is 6.07 Å². The highest BCUT2D eigenvalue weighted by atomic mass is 16.4. The average molecular weight is 256 g/mol. The molecule has 1 heterocycles. The fourth-order valence-electron chi connectivity index (χ4n) is 1.43. The molecule has 1 aromatic heterocycles. The number of benzene rings is 1. The van der Waals surface area contributed by atoms with Crippen molar-refractivity contribution in [2.45, 2.75) is 0 Å². The Morgan fingerprint density at radius 3 is 2.21 bits per heavy atom. The van der Waals surface area contributed by atoms with E-state index in [1.54, 1.807) is 24.3 Å². The van der Waals surface area contributed by atoms with E-state index in [0.717, 1.165) is 6.07 Å². The molecule has 0 aliphatic heterocycles. The molecule has 0 atom stereocenters. The molecule has 0 spiro atoms. The van der Waals surface area contributed by atoms with Crippen LogP contribution in [0.1, 0.15) is 32.2 Å². The molecule has 0 fully saturated rings. The molecule has 0 saturated heterocycles. The number of hydrogen-bond acceptors (Lipinski definition) is 3. The summed E-state index contributed by atoms with van der Waals surface area (Å²) in [6.07, 6.45) is 0. The molecule has 5 nitrogen and oxygen atoms in total. The Balaban J connectivity index is 2.38. The lowest BCUT2D eigenvalue weighted by Crippen LogP contribution is -2.03. The van der Waals surface area contributed by atoms with Crippen molar-refractivity contribution in [2.75, 3.05) is 0 Å². The van der Waals surface area contributed by atoms with Gasteiger partial charge in [0.1, 0.15) is 5.56 Å². The minimum absolute atomic E-state index is 0.00125. The van der Waals surface area contributed by atoms with E-state index in [4.69, 9.17) is 14.6 Å². The summed E-state index contributed by atoms with van der Waals surface area (Å²) >= 11 is 0. The molecule has 0 saturated carbocycles. The Labute approximate surface area is 108 Å². The minimum atomic E-state index is -1.44. The Morgan fingerprint density at radius 2 is 1.68 bits per heavy atom. The average Bonchev–Trinajstić information content (AvgIpc) is 2.82. The first kappa shape index (κ1) is 12.5. The van der Waals surface area contributed by atoms with Crippen molar-refractivity contribution < 1.29 is 24.2 Å². The number of rotatable bonds is 2. The van der Waals surface area contributed by atoms with E-state index >= 15 is 0 Å². The third kappa shape index (κ3) is 2.82. The van der Waals surface area contributed by atoms with Crippen LogP contribution in [0.15, 0.2) is 40.8 Å².